The quantitative estimate of drug-likeness (QED) is 0.118. The lowest BCUT2D eigenvalue weighted by atomic mass is 9.95. The van der Waals surface area contributed by atoms with Crippen molar-refractivity contribution in [2.45, 2.75) is 40.0 Å². The van der Waals surface area contributed by atoms with E-state index >= 15 is 0 Å². The van der Waals surface area contributed by atoms with E-state index in [0.29, 0.717) is 29.4 Å². The first kappa shape index (κ1) is 30.1. The van der Waals surface area contributed by atoms with Crippen LogP contribution < -0.4 is 25.5 Å². The number of nitrogens with zero attached hydrogens (tertiary/aromatic N) is 2. The summed E-state index contributed by atoms with van der Waals surface area (Å²) in [6.45, 7) is 7.49. The Labute approximate surface area is 243 Å². The minimum absolute atomic E-state index is 0.151. The Morgan fingerprint density at radius 2 is 1.88 bits per heavy atom. The van der Waals surface area contributed by atoms with Gasteiger partial charge in [-0.05, 0) is 75.7 Å². The van der Waals surface area contributed by atoms with Crippen molar-refractivity contribution in [3.63, 3.8) is 0 Å². The molecule has 1 aromatic heterocycles. The fraction of sp³-hybridized carbons (Fsp3) is 0.300. The third-order valence-electron chi connectivity index (χ3n) is 6.65. The van der Waals surface area contributed by atoms with Gasteiger partial charge in [0.05, 0.1) is 31.5 Å². The Hall–Kier alpha value is -4.84. The molecule has 0 radical (unpaired) electrons. The van der Waals surface area contributed by atoms with Crippen LogP contribution in [0.2, 0.25) is 0 Å². The predicted octanol–water partition coefficient (Wildman–Crippen LogP) is 3.75. The molecule has 222 valence electrons. The van der Waals surface area contributed by atoms with Crippen molar-refractivity contribution in [1.29, 1.82) is 0 Å². The summed E-state index contributed by atoms with van der Waals surface area (Å²) in [4.78, 5) is 24.6. The van der Waals surface area contributed by atoms with E-state index in [-0.39, 0.29) is 18.0 Å². The van der Waals surface area contributed by atoms with Gasteiger partial charge in [0.25, 0.3) is 0 Å². The van der Waals surface area contributed by atoms with Crippen LogP contribution in [0.25, 0.3) is 5.69 Å². The van der Waals surface area contributed by atoms with Gasteiger partial charge in [-0.2, -0.15) is 5.10 Å². The Morgan fingerprint density at radius 1 is 1.14 bits per heavy atom. The van der Waals surface area contributed by atoms with Gasteiger partial charge < -0.3 is 34.5 Å². The van der Waals surface area contributed by atoms with Gasteiger partial charge in [-0.25, -0.2) is 14.0 Å². The van der Waals surface area contributed by atoms with Crippen molar-refractivity contribution in [3.05, 3.63) is 88.1 Å². The number of amides is 2. The van der Waals surface area contributed by atoms with E-state index in [1.165, 1.54) is 19.2 Å². The number of halogens is 1. The van der Waals surface area contributed by atoms with Gasteiger partial charge in [0, 0.05) is 28.3 Å². The molecule has 11 nitrogen and oxygen atoms in total. The summed E-state index contributed by atoms with van der Waals surface area (Å²) in [6.07, 6.45) is 0.449. The molecule has 42 heavy (non-hydrogen) atoms. The Balaban J connectivity index is 1.43. The molecule has 3 aromatic rings. The lowest BCUT2D eigenvalue weighted by Gasteiger charge is -2.28. The summed E-state index contributed by atoms with van der Waals surface area (Å²) in [5.41, 5.74) is 7.40. The molecule has 2 aromatic carbocycles. The number of esters is 1. The van der Waals surface area contributed by atoms with Gasteiger partial charge in [0.1, 0.15) is 12.4 Å². The van der Waals surface area contributed by atoms with Crippen molar-refractivity contribution in [2.24, 2.45) is 5.10 Å². The van der Waals surface area contributed by atoms with E-state index in [9.17, 15) is 19.1 Å². The monoisotopic (exact) mass is 579 g/mol. The minimum Gasteiger partial charge on any atom is -0.490 e. The number of aliphatic hydroxyl groups is 1. The zero-order chi connectivity index (χ0) is 30.4. The maximum Gasteiger partial charge on any atom is 0.337 e. The molecule has 4 N–H and O–H groups in total. The molecule has 2 atom stereocenters. The number of nitrogens with one attached hydrogen (secondary N) is 3. The van der Waals surface area contributed by atoms with Crippen LogP contribution in [-0.2, 0) is 9.53 Å². The molecule has 0 fully saturated rings. The van der Waals surface area contributed by atoms with Gasteiger partial charge in [0.15, 0.2) is 17.7 Å². The second-order valence-corrected chi connectivity index (χ2v) is 9.55. The summed E-state index contributed by atoms with van der Waals surface area (Å²) in [5.74, 6) is -0.152. The molecule has 0 aliphatic carbocycles. The Bertz CT molecular complexity index is 1520. The zero-order valence-corrected chi connectivity index (χ0v) is 24.0. The average molecular weight is 580 g/mol. The van der Waals surface area contributed by atoms with Crippen molar-refractivity contribution in [3.8, 4) is 17.2 Å². The molecular weight excluding hydrogens is 545 g/mol. The van der Waals surface area contributed by atoms with Crippen molar-refractivity contribution >= 4 is 18.2 Å². The van der Waals surface area contributed by atoms with Gasteiger partial charge in [-0.1, -0.05) is 6.07 Å². The largest absolute Gasteiger partial charge is 0.490 e. The SMILES string of the molecule is CCOc1cc([C@H]2NC(=O)NC(C)=C2C(=O)OC)ccc1OC[C@@H](O)N/N=C/c1cc(C)n(-c2ccc(F)cc2)c1C. The van der Waals surface area contributed by atoms with Crippen molar-refractivity contribution in [1.82, 2.24) is 20.6 Å². The van der Waals surface area contributed by atoms with E-state index in [1.807, 2.05) is 31.4 Å². The van der Waals surface area contributed by atoms with Gasteiger partial charge in [-0.3, -0.25) is 5.43 Å². The number of rotatable bonds is 11. The van der Waals surface area contributed by atoms with E-state index in [4.69, 9.17) is 14.2 Å². The zero-order valence-electron chi connectivity index (χ0n) is 24.0. The first-order valence-electron chi connectivity index (χ1n) is 13.3. The van der Waals surface area contributed by atoms with Gasteiger partial charge in [0.2, 0.25) is 0 Å². The first-order chi connectivity index (χ1) is 20.1. The highest BCUT2D eigenvalue weighted by Gasteiger charge is 2.32. The average Bonchev–Trinajstić information content (AvgIpc) is 3.24. The van der Waals surface area contributed by atoms with Crippen molar-refractivity contribution < 1.29 is 33.3 Å². The molecular formula is C30H34FN5O6. The molecule has 2 heterocycles. The molecule has 0 spiro atoms. The topological polar surface area (TPSA) is 135 Å². The summed E-state index contributed by atoms with van der Waals surface area (Å²) in [5, 5.41) is 19.9. The van der Waals surface area contributed by atoms with Gasteiger partial charge in [-0.15, -0.1) is 0 Å². The number of aromatic nitrogens is 1. The first-order valence-corrected chi connectivity index (χ1v) is 13.3. The number of benzene rings is 2. The number of aliphatic hydroxyl groups excluding tert-OH is 1. The number of carbonyl (C=O) groups is 2. The minimum atomic E-state index is -1.14. The Morgan fingerprint density at radius 3 is 2.57 bits per heavy atom. The Kier molecular flexibility index (Phi) is 9.48. The fourth-order valence-electron chi connectivity index (χ4n) is 4.72. The maximum atomic E-state index is 13.3. The lowest BCUT2D eigenvalue weighted by Crippen LogP contribution is -2.45. The van der Waals surface area contributed by atoms with Crippen LogP contribution >= 0.6 is 0 Å². The van der Waals surface area contributed by atoms with Gasteiger partial charge >= 0.3 is 12.0 Å². The number of hydrogen-bond donors (Lipinski definition) is 4. The van der Waals surface area contributed by atoms with E-state index < -0.39 is 24.3 Å². The van der Waals surface area contributed by atoms with Crippen LogP contribution in [0, 0.1) is 19.7 Å². The number of ether oxygens (including phenoxy) is 3. The third-order valence-corrected chi connectivity index (χ3v) is 6.65. The summed E-state index contributed by atoms with van der Waals surface area (Å²) >= 11 is 0. The highest BCUT2D eigenvalue weighted by atomic mass is 19.1. The molecule has 1 aliphatic heterocycles. The lowest BCUT2D eigenvalue weighted by molar-refractivity contribution is -0.136. The number of hydrogen-bond acceptors (Lipinski definition) is 8. The van der Waals surface area contributed by atoms with E-state index in [2.05, 4.69) is 21.2 Å². The van der Waals surface area contributed by atoms with E-state index in [1.54, 1.807) is 43.5 Å². The summed E-state index contributed by atoms with van der Waals surface area (Å²) in [6, 6.07) is 12.0. The van der Waals surface area contributed by atoms with Crippen LogP contribution in [0.1, 0.15) is 42.4 Å². The third kappa shape index (κ3) is 6.72. The van der Waals surface area contributed by atoms with Crippen LogP contribution in [0.4, 0.5) is 9.18 Å². The molecule has 0 saturated carbocycles. The maximum absolute atomic E-state index is 13.3. The summed E-state index contributed by atoms with van der Waals surface area (Å²) < 4.78 is 31.8. The standard InChI is InChI=1S/C30H34FN5O6/c1-6-41-25-14-20(28-27(29(38)40-5)18(3)33-30(39)34-28)7-12-24(25)42-16-26(37)35-32-15-21-13-17(2)36(19(21)4)23-10-8-22(31)9-11-23/h7-15,26,28,35,37H,6,16H2,1-5H3,(H2,33,34,39)/b32-15+/t26-,28-/m1/s1. The molecule has 0 saturated heterocycles. The second kappa shape index (κ2) is 13.2. The number of aryl methyl sites for hydroxylation is 1. The molecule has 1 aliphatic rings. The van der Waals surface area contributed by atoms with E-state index in [0.717, 1.165) is 22.6 Å². The normalized spacial score (nSPS) is 15.7. The predicted molar refractivity (Wildman–Crippen MR) is 154 cm³/mol. The number of urea groups is 1. The van der Waals surface area contributed by atoms with Crippen LogP contribution in [0.15, 0.2) is 64.9 Å². The smallest absolute Gasteiger partial charge is 0.337 e. The fourth-order valence-corrected chi connectivity index (χ4v) is 4.72. The highest BCUT2D eigenvalue weighted by molar-refractivity contribution is 5.95. The van der Waals surface area contributed by atoms with Crippen LogP contribution in [0.5, 0.6) is 11.5 Å². The summed E-state index contributed by atoms with van der Waals surface area (Å²) in [7, 11) is 1.27. The number of carbonyl (C=O) groups excluding carboxylic acids is 2. The molecule has 2 amide bonds. The number of hydrazone groups is 1. The molecule has 0 bridgehead atoms. The van der Waals surface area contributed by atoms with Crippen LogP contribution in [-0.4, -0.2) is 54.4 Å². The molecule has 0 unspecified atom stereocenters. The number of methoxy groups -OCH3 is 1. The van der Waals surface area contributed by atoms with Crippen molar-refractivity contribution in [2.75, 3.05) is 20.3 Å². The van der Waals surface area contributed by atoms with Crippen LogP contribution in [0.3, 0.4) is 0 Å². The molecule has 12 heteroatoms. The highest BCUT2D eigenvalue weighted by Crippen LogP contribution is 2.35. The second-order valence-electron chi connectivity index (χ2n) is 9.55. The molecule has 4 rings (SSSR count). The number of allylic oxidation sites excluding steroid dienone is 1.